The second-order valence-corrected chi connectivity index (χ2v) is 18.9. The topological polar surface area (TPSA) is 120 Å². The number of piperazine rings is 1. The minimum Gasteiger partial charge on any atom is -0.359 e. The zero-order valence-electron chi connectivity index (χ0n) is 27.5. The van der Waals surface area contributed by atoms with Crippen LogP contribution in [0.3, 0.4) is 0 Å². The molecule has 2 aliphatic rings. The summed E-state index contributed by atoms with van der Waals surface area (Å²) in [5.74, 6) is 0.693. The van der Waals surface area contributed by atoms with Gasteiger partial charge in [-0.25, -0.2) is 9.67 Å². The molecular formula is C33H41F3N8O3Si. The van der Waals surface area contributed by atoms with Gasteiger partial charge in [0.15, 0.2) is 0 Å². The van der Waals surface area contributed by atoms with Gasteiger partial charge in [0, 0.05) is 53.6 Å². The Hall–Kier alpha value is -4.26. The van der Waals surface area contributed by atoms with Crippen molar-refractivity contribution in [2.24, 2.45) is 0 Å². The zero-order valence-corrected chi connectivity index (χ0v) is 28.5. The van der Waals surface area contributed by atoms with Crippen LogP contribution in [0.15, 0.2) is 53.6 Å². The molecule has 5 rings (SSSR count). The summed E-state index contributed by atoms with van der Waals surface area (Å²) in [6.45, 7) is 9.39. The van der Waals surface area contributed by atoms with Gasteiger partial charge in [0.2, 0.25) is 5.91 Å². The molecule has 3 aromatic rings. The van der Waals surface area contributed by atoms with Crippen LogP contribution in [0.1, 0.15) is 34.7 Å². The van der Waals surface area contributed by atoms with E-state index in [9.17, 15) is 22.8 Å². The highest BCUT2D eigenvalue weighted by molar-refractivity contribution is 6.76. The maximum absolute atomic E-state index is 14.5. The first-order chi connectivity index (χ1) is 22.9. The first-order valence-corrected chi connectivity index (χ1v) is 19.8. The number of carbonyl (C=O) groups is 1. The number of fused-ring (bicyclic) bond motifs is 1. The van der Waals surface area contributed by atoms with Gasteiger partial charge in [-0.15, -0.1) is 0 Å². The van der Waals surface area contributed by atoms with Crippen LogP contribution in [-0.4, -0.2) is 79.5 Å². The van der Waals surface area contributed by atoms with Crippen molar-refractivity contribution in [2.45, 2.75) is 57.6 Å². The lowest BCUT2D eigenvalue weighted by atomic mass is 10.0. The molecule has 256 valence electrons. The van der Waals surface area contributed by atoms with Gasteiger partial charge in [-0.1, -0.05) is 43.9 Å². The monoisotopic (exact) mass is 682 g/mol. The molecule has 0 saturated carbocycles. The number of amides is 1. The normalized spacial score (nSPS) is 16.6. The molecule has 0 bridgehead atoms. The lowest BCUT2D eigenvalue weighted by Crippen LogP contribution is -2.51. The number of rotatable bonds is 12. The summed E-state index contributed by atoms with van der Waals surface area (Å²) < 4.78 is 49.8. The van der Waals surface area contributed by atoms with Crippen molar-refractivity contribution >= 4 is 25.5 Å². The molecule has 1 saturated heterocycles. The highest BCUT2D eigenvalue weighted by Gasteiger charge is 2.42. The molecule has 0 aliphatic carbocycles. The molecule has 1 unspecified atom stereocenters. The number of pyridine rings is 1. The number of benzene rings is 1. The van der Waals surface area contributed by atoms with Crippen molar-refractivity contribution in [3.05, 3.63) is 81.4 Å². The van der Waals surface area contributed by atoms with Crippen LogP contribution in [-0.2, 0) is 29.0 Å². The van der Waals surface area contributed by atoms with E-state index >= 15 is 0 Å². The molecule has 48 heavy (non-hydrogen) atoms. The van der Waals surface area contributed by atoms with Crippen LogP contribution in [0.4, 0.5) is 24.7 Å². The van der Waals surface area contributed by atoms with Crippen LogP contribution < -0.4 is 20.7 Å². The van der Waals surface area contributed by atoms with Gasteiger partial charge in [-0.05, 0) is 42.3 Å². The molecule has 1 N–H and O–H groups in total. The number of alkyl halides is 3. The van der Waals surface area contributed by atoms with Crippen molar-refractivity contribution in [3.63, 3.8) is 0 Å². The van der Waals surface area contributed by atoms with E-state index in [-0.39, 0.29) is 31.4 Å². The maximum atomic E-state index is 14.5. The number of hydrogen-bond acceptors (Lipinski definition) is 9. The molecule has 1 fully saturated rings. The Morgan fingerprint density at radius 3 is 2.52 bits per heavy atom. The Kier molecular flexibility index (Phi) is 10.9. The van der Waals surface area contributed by atoms with Gasteiger partial charge in [-0.2, -0.15) is 23.5 Å². The molecular weight excluding hydrogens is 641 g/mol. The fraction of sp³-hybridized carbons (Fsp3) is 0.485. The van der Waals surface area contributed by atoms with Crippen LogP contribution in [0.2, 0.25) is 25.7 Å². The first-order valence-electron chi connectivity index (χ1n) is 16.0. The van der Waals surface area contributed by atoms with Gasteiger partial charge in [0.25, 0.3) is 5.56 Å². The van der Waals surface area contributed by atoms with Crippen LogP contribution in [0, 0.1) is 11.3 Å². The van der Waals surface area contributed by atoms with Gasteiger partial charge in [0.1, 0.15) is 24.2 Å². The fourth-order valence-electron chi connectivity index (χ4n) is 5.98. The van der Waals surface area contributed by atoms with E-state index in [1.54, 1.807) is 21.9 Å². The summed E-state index contributed by atoms with van der Waals surface area (Å²) in [5, 5.41) is 16.3. The minimum atomic E-state index is -4.90. The summed E-state index contributed by atoms with van der Waals surface area (Å²) in [7, 11) is -1.42. The second-order valence-electron chi connectivity index (χ2n) is 13.2. The lowest BCUT2D eigenvalue weighted by molar-refractivity contribution is -0.139. The predicted octanol–water partition coefficient (Wildman–Crippen LogP) is 4.23. The largest absolute Gasteiger partial charge is 0.423 e. The number of nitriles is 1. The number of aromatic nitrogens is 3. The molecule has 4 heterocycles. The van der Waals surface area contributed by atoms with Gasteiger partial charge >= 0.3 is 6.18 Å². The summed E-state index contributed by atoms with van der Waals surface area (Å²) in [6, 6.07) is 13.4. The van der Waals surface area contributed by atoms with E-state index in [4.69, 9.17) is 10.00 Å². The van der Waals surface area contributed by atoms with Crippen LogP contribution in [0.25, 0.3) is 0 Å². The third-order valence-corrected chi connectivity index (χ3v) is 10.4. The van der Waals surface area contributed by atoms with Crippen LogP contribution in [0.5, 0.6) is 0 Å². The van der Waals surface area contributed by atoms with Crippen molar-refractivity contribution in [1.82, 2.24) is 25.0 Å². The standard InChI is InChI=1S/C33H41F3N8O3Si/c1-48(2,3)17-16-47-23-44-32(46)31(33(34,35)36)28(20-40-44)43-22-25-6-4-5-7-26(25)27(43)10-11-38-21-30(45)42-14-12-41(13-15-42)29-9-8-24(18-37)19-39-29/h4-9,19-20,27,38H,10-17,21-23H2,1-3H3. The van der Waals surface area contributed by atoms with E-state index in [1.807, 2.05) is 24.3 Å². The Morgan fingerprint density at radius 1 is 1.10 bits per heavy atom. The molecule has 2 aromatic heterocycles. The average Bonchev–Trinajstić information content (AvgIpc) is 3.42. The number of nitrogens with one attached hydrogen (secondary N) is 1. The van der Waals surface area contributed by atoms with E-state index in [0.717, 1.165) is 33.9 Å². The highest BCUT2D eigenvalue weighted by Crippen LogP contribution is 2.43. The van der Waals surface area contributed by atoms with Crippen LogP contribution >= 0.6 is 0 Å². The smallest absolute Gasteiger partial charge is 0.359 e. The zero-order chi connectivity index (χ0) is 34.5. The van der Waals surface area contributed by atoms with E-state index < -0.39 is 31.4 Å². The Morgan fingerprint density at radius 2 is 1.85 bits per heavy atom. The predicted molar refractivity (Wildman–Crippen MR) is 178 cm³/mol. The summed E-state index contributed by atoms with van der Waals surface area (Å²) in [4.78, 5) is 35.9. The number of hydrogen-bond donors (Lipinski definition) is 1. The van der Waals surface area contributed by atoms with E-state index in [0.29, 0.717) is 51.3 Å². The Labute approximate surface area is 278 Å². The third-order valence-electron chi connectivity index (χ3n) is 8.66. The third kappa shape index (κ3) is 8.41. The maximum Gasteiger partial charge on any atom is 0.423 e. The number of nitrogens with zero attached hydrogens (tertiary/aromatic N) is 7. The van der Waals surface area contributed by atoms with E-state index in [1.165, 1.54) is 6.20 Å². The van der Waals surface area contributed by atoms with Gasteiger partial charge in [-0.3, -0.25) is 9.59 Å². The van der Waals surface area contributed by atoms with Gasteiger partial charge in [0.05, 0.1) is 30.0 Å². The Balaban J connectivity index is 1.22. The Bertz CT molecular complexity index is 1680. The van der Waals surface area contributed by atoms with Crippen molar-refractivity contribution in [2.75, 3.05) is 55.7 Å². The average molecular weight is 683 g/mol. The molecule has 0 spiro atoms. The molecule has 0 radical (unpaired) electrons. The summed E-state index contributed by atoms with van der Waals surface area (Å²) >= 11 is 0. The summed E-state index contributed by atoms with van der Waals surface area (Å²) in [5.41, 5.74) is -0.520. The summed E-state index contributed by atoms with van der Waals surface area (Å²) in [6.07, 6.45) is -1.85. The number of ether oxygens (including phenoxy) is 1. The molecule has 15 heteroatoms. The molecule has 11 nitrogen and oxygen atoms in total. The van der Waals surface area contributed by atoms with Crippen molar-refractivity contribution < 1.29 is 22.7 Å². The fourth-order valence-corrected chi connectivity index (χ4v) is 6.74. The quantitative estimate of drug-likeness (QED) is 0.221. The highest BCUT2D eigenvalue weighted by atomic mass is 28.3. The number of halogens is 3. The van der Waals surface area contributed by atoms with E-state index in [2.05, 4.69) is 46.0 Å². The molecule has 2 aliphatic heterocycles. The van der Waals surface area contributed by atoms with Crippen molar-refractivity contribution in [1.29, 1.82) is 5.26 Å². The second kappa shape index (κ2) is 14.9. The molecule has 1 amide bonds. The number of anilines is 2. The first kappa shape index (κ1) is 35.1. The SMILES string of the molecule is C[Si](C)(C)CCOCn1ncc(N2Cc3ccccc3C2CCNCC(=O)N2CCN(c3ccc(C#N)cn3)CC2)c(C(F)(F)F)c1=O. The lowest BCUT2D eigenvalue weighted by Gasteiger charge is -2.35. The molecule has 1 aromatic carbocycles. The van der Waals surface area contributed by atoms with Gasteiger partial charge < -0.3 is 24.8 Å². The molecule has 1 atom stereocenters. The minimum absolute atomic E-state index is 0.0645. The van der Waals surface area contributed by atoms with Crippen molar-refractivity contribution in [3.8, 4) is 6.07 Å². The number of carbonyl (C=O) groups excluding carboxylic acids is 1.